The fraction of sp³-hybridized carbons (Fsp3) is 0.550. The fourth-order valence-corrected chi connectivity index (χ4v) is 4.25. The molecule has 1 saturated carbocycles. The lowest BCUT2D eigenvalue weighted by Gasteiger charge is -2.40. The Kier molecular flexibility index (Phi) is 4.66. The lowest BCUT2D eigenvalue weighted by atomic mass is 10.1. The maximum absolute atomic E-state index is 13.0. The van der Waals surface area contributed by atoms with E-state index in [0.29, 0.717) is 19.0 Å². The molecule has 3 amide bonds. The summed E-state index contributed by atoms with van der Waals surface area (Å²) < 4.78 is 0. The summed E-state index contributed by atoms with van der Waals surface area (Å²) in [7, 11) is 0. The molecular formula is C20H26N4O2. The smallest absolute Gasteiger partial charge is 0.328 e. The molecule has 1 aromatic carbocycles. The zero-order valence-corrected chi connectivity index (χ0v) is 15.2. The number of benzene rings is 1. The second kappa shape index (κ2) is 7.09. The standard InChI is InChI=1S/C20H26N4O2/c1-2-12-23-19(25)16-18(22-17(21-16)15-10-6-7-11-15)24(20(23)26)13-14-8-4-3-5-9-14/h3-5,8-9,15-16,18H,2,6-7,10-13H2,1H3,(H,21,22). The number of aliphatic imine (C=N–C) groups is 1. The van der Waals surface area contributed by atoms with Crippen LogP contribution in [0.5, 0.6) is 0 Å². The molecule has 1 N–H and O–H groups in total. The number of nitrogens with zero attached hydrogens (tertiary/aromatic N) is 3. The van der Waals surface area contributed by atoms with Gasteiger partial charge in [-0.15, -0.1) is 0 Å². The van der Waals surface area contributed by atoms with E-state index in [1.807, 2.05) is 37.3 Å². The largest absolute Gasteiger partial charge is 0.359 e. The summed E-state index contributed by atoms with van der Waals surface area (Å²) >= 11 is 0. The highest BCUT2D eigenvalue weighted by Crippen LogP contribution is 2.31. The van der Waals surface area contributed by atoms with Crippen LogP contribution in [0.25, 0.3) is 0 Å². The number of fused-ring (bicyclic) bond motifs is 1. The third kappa shape index (κ3) is 2.97. The third-order valence-electron chi connectivity index (χ3n) is 5.59. The molecule has 2 heterocycles. The van der Waals surface area contributed by atoms with Crippen LogP contribution in [0, 0.1) is 5.92 Å². The Bertz CT molecular complexity index is 712. The fourth-order valence-electron chi connectivity index (χ4n) is 4.25. The molecule has 2 fully saturated rings. The molecule has 4 rings (SSSR count). The Hall–Kier alpha value is -2.37. The van der Waals surface area contributed by atoms with Gasteiger partial charge in [-0.05, 0) is 24.8 Å². The van der Waals surface area contributed by atoms with Crippen LogP contribution in [0.2, 0.25) is 0 Å². The van der Waals surface area contributed by atoms with Crippen molar-refractivity contribution in [1.29, 1.82) is 0 Å². The van der Waals surface area contributed by atoms with Crippen molar-refractivity contribution in [2.75, 3.05) is 6.54 Å². The Morgan fingerprint density at radius 2 is 1.88 bits per heavy atom. The first-order chi connectivity index (χ1) is 12.7. The predicted molar refractivity (Wildman–Crippen MR) is 99.5 cm³/mol. The number of amides is 3. The summed E-state index contributed by atoms with van der Waals surface area (Å²) in [5, 5.41) is 3.37. The van der Waals surface area contributed by atoms with E-state index in [4.69, 9.17) is 4.99 Å². The number of hydrogen-bond donors (Lipinski definition) is 1. The normalized spacial score (nSPS) is 26.1. The number of urea groups is 1. The average molecular weight is 354 g/mol. The first-order valence-corrected chi connectivity index (χ1v) is 9.69. The number of carbonyl (C=O) groups is 2. The Balaban J connectivity index is 1.64. The first kappa shape index (κ1) is 17.1. The van der Waals surface area contributed by atoms with E-state index in [0.717, 1.165) is 30.7 Å². The molecule has 3 aliphatic rings. The molecule has 0 spiro atoms. The van der Waals surface area contributed by atoms with E-state index in [2.05, 4.69) is 5.32 Å². The van der Waals surface area contributed by atoms with E-state index in [-0.39, 0.29) is 11.9 Å². The van der Waals surface area contributed by atoms with Crippen molar-refractivity contribution in [3.8, 4) is 0 Å². The summed E-state index contributed by atoms with van der Waals surface area (Å²) in [6, 6.07) is 9.25. The number of imide groups is 1. The van der Waals surface area contributed by atoms with Crippen LogP contribution in [0.4, 0.5) is 4.79 Å². The summed E-state index contributed by atoms with van der Waals surface area (Å²) in [5.41, 5.74) is 1.05. The van der Waals surface area contributed by atoms with Gasteiger partial charge in [-0.25, -0.2) is 9.79 Å². The third-order valence-corrected chi connectivity index (χ3v) is 5.59. The van der Waals surface area contributed by atoms with Crippen molar-refractivity contribution in [3.63, 3.8) is 0 Å². The zero-order valence-electron chi connectivity index (χ0n) is 15.2. The number of hydrogen-bond acceptors (Lipinski definition) is 4. The van der Waals surface area contributed by atoms with E-state index in [1.54, 1.807) is 4.90 Å². The monoisotopic (exact) mass is 354 g/mol. The van der Waals surface area contributed by atoms with Crippen molar-refractivity contribution >= 4 is 17.8 Å². The van der Waals surface area contributed by atoms with Crippen LogP contribution in [-0.2, 0) is 11.3 Å². The Morgan fingerprint density at radius 1 is 1.15 bits per heavy atom. The lowest BCUT2D eigenvalue weighted by Crippen LogP contribution is -2.65. The van der Waals surface area contributed by atoms with Crippen LogP contribution in [-0.4, -0.2) is 46.3 Å². The summed E-state index contributed by atoms with van der Waals surface area (Å²) in [6.07, 6.45) is 4.98. The van der Waals surface area contributed by atoms with Crippen molar-refractivity contribution in [1.82, 2.24) is 15.1 Å². The highest BCUT2D eigenvalue weighted by atomic mass is 16.2. The SMILES string of the molecule is CCCN1C(=O)C2NC(C3CCCC3)=NC2N(Cc2ccccc2)C1=O. The van der Waals surface area contributed by atoms with Crippen LogP contribution >= 0.6 is 0 Å². The molecule has 2 unspecified atom stereocenters. The minimum atomic E-state index is -0.446. The average Bonchev–Trinajstić information content (AvgIpc) is 3.32. The number of amidine groups is 1. The maximum Gasteiger partial charge on any atom is 0.328 e. The van der Waals surface area contributed by atoms with Gasteiger partial charge in [0.25, 0.3) is 5.91 Å². The molecule has 6 heteroatoms. The van der Waals surface area contributed by atoms with Crippen molar-refractivity contribution in [2.45, 2.75) is 57.8 Å². The molecule has 1 saturated heterocycles. The van der Waals surface area contributed by atoms with Gasteiger partial charge in [-0.2, -0.15) is 0 Å². The Morgan fingerprint density at radius 3 is 2.58 bits per heavy atom. The minimum Gasteiger partial charge on any atom is -0.359 e. The number of carbonyl (C=O) groups excluding carboxylic acids is 2. The van der Waals surface area contributed by atoms with Gasteiger partial charge in [-0.1, -0.05) is 50.1 Å². The molecule has 0 bridgehead atoms. The predicted octanol–water partition coefficient (Wildman–Crippen LogP) is 2.75. The van der Waals surface area contributed by atoms with Gasteiger partial charge in [0.15, 0.2) is 6.17 Å². The molecule has 26 heavy (non-hydrogen) atoms. The van der Waals surface area contributed by atoms with Crippen LogP contribution in [0.15, 0.2) is 35.3 Å². The van der Waals surface area contributed by atoms with Gasteiger partial charge in [-0.3, -0.25) is 14.6 Å². The highest BCUT2D eigenvalue weighted by Gasteiger charge is 2.50. The van der Waals surface area contributed by atoms with Crippen LogP contribution < -0.4 is 5.32 Å². The molecule has 6 nitrogen and oxygen atoms in total. The molecule has 1 aliphatic carbocycles. The van der Waals surface area contributed by atoms with Crippen molar-refractivity contribution < 1.29 is 9.59 Å². The Labute approximate surface area is 154 Å². The molecule has 1 aromatic rings. The van der Waals surface area contributed by atoms with Gasteiger partial charge in [0, 0.05) is 19.0 Å². The van der Waals surface area contributed by atoms with E-state index >= 15 is 0 Å². The quantitative estimate of drug-likeness (QED) is 0.884. The van der Waals surface area contributed by atoms with E-state index < -0.39 is 12.2 Å². The molecule has 138 valence electrons. The number of nitrogens with one attached hydrogen (secondary N) is 1. The van der Waals surface area contributed by atoms with E-state index in [9.17, 15) is 9.59 Å². The zero-order chi connectivity index (χ0) is 18.1. The summed E-state index contributed by atoms with van der Waals surface area (Å²) in [5.74, 6) is 1.19. The van der Waals surface area contributed by atoms with Crippen LogP contribution in [0.1, 0.15) is 44.6 Å². The second-order valence-corrected chi connectivity index (χ2v) is 7.42. The lowest BCUT2D eigenvalue weighted by molar-refractivity contribution is -0.134. The van der Waals surface area contributed by atoms with Gasteiger partial charge in [0.1, 0.15) is 11.9 Å². The van der Waals surface area contributed by atoms with Gasteiger partial charge in [0.05, 0.1) is 0 Å². The van der Waals surface area contributed by atoms with Crippen LogP contribution in [0.3, 0.4) is 0 Å². The van der Waals surface area contributed by atoms with Gasteiger partial charge >= 0.3 is 6.03 Å². The molecule has 0 aromatic heterocycles. The molecular weight excluding hydrogens is 328 g/mol. The van der Waals surface area contributed by atoms with Gasteiger partial charge in [0.2, 0.25) is 0 Å². The summed E-state index contributed by atoms with van der Waals surface area (Å²) in [6.45, 7) is 2.90. The van der Waals surface area contributed by atoms with Gasteiger partial charge < -0.3 is 5.32 Å². The topological polar surface area (TPSA) is 65.0 Å². The second-order valence-electron chi connectivity index (χ2n) is 7.42. The molecule has 0 radical (unpaired) electrons. The van der Waals surface area contributed by atoms with Crippen molar-refractivity contribution in [2.24, 2.45) is 10.9 Å². The first-order valence-electron chi connectivity index (χ1n) is 9.69. The maximum atomic E-state index is 13.0. The highest BCUT2D eigenvalue weighted by molar-refractivity contribution is 6.04. The summed E-state index contributed by atoms with van der Waals surface area (Å²) in [4.78, 5) is 33.9. The molecule has 2 atom stereocenters. The molecule has 2 aliphatic heterocycles. The number of rotatable bonds is 5. The minimum absolute atomic E-state index is 0.136. The van der Waals surface area contributed by atoms with E-state index in [1.165, 1.54) is 17.7 Å². The van der Waals surface area contributed by atoms with Crippen molar-refractivity contribution in [3.05, 3.63) is 35.9 Å².